The lowest BCUT2D eigenvalue weighted by Gasteiger charge is -2.27. The molecule has 1 aliphatic rings. The highest BCUT2D eigenvalue weighted by molar-refractivity contribution is 5.15. The molecule has 0 radical (unpaired) electrons. The van der Waals surface area contributed by atoms with Crippen LogP contribution in [0.4, 0.5) is 17.6 Å². The fourth-order valence-corrected chi connectivity index (χ4v) is 2.11. The van der Waals surface area contributed by atoms with E-state index >= 15 is 0 Å². The second kappa shape index (κ2) is 6.92. The van der Waals surface area contributed by atoms with Crippen LogP contribution >= 0.6 is 0 Å². The average Bonchev–Trinajstić information content (AvgIpc) is 2.35. The third kappa shape index (κ3) is 5.62. The maximum Gasteiger partial charge on any atom is 0.248 e. The molecule has 2 rings (SSSR count). The minimum atomic E-state index is -2.34. The van der Waals surface area contributed by atoms with Crippen LogP contribution in [0.25, 0.3) is 0 Å². The topological polar surface area (TPSA) is 0 Å². The molecular weight excluding hydrogens is 256 g/mol. The smallest absolute Gasteiger partial charge is 0.207 e. The number of halogens is 4. The van der Waals surface area contributed by atoms with Crippen molar-refractivity contribution < 1.29 is 17.6 Å². The van der Waals surface area contributed by atoms with Crippen LogP contribution in [-0.2, 0) is 0 Å². The molecule has 4 heteroatoms. The van der Waals surface area contributed by atoms with Gasteiger partial charge in [0.2, 0.25) is 5.92 Å². The molecule has 1 saturated carbocycles. The van der Waals surface area contributed by atoms with Gasteiger partial charge in [-0.05, 0) is 43.4 Å². The number of alkyl halides is 2. The highest BCUT2D eigenvalue weighted by Gasteiger charge is 2.33. The zero-order chi connectivity index (χ0) is 14.5. The molecule has 0 heterocycles. The van der Waals surface area contributed by atoms with Gasteiger partial charge in [0.25, 0.3) is 0 Å². The van der Waals surface area contributed by atoms with E-state index in [1.54, 1.807) is 6.92 Å². The van der Waals surface area contributed by atoms with E-state index in [1.165, 1.54) is 6.07 Å². The number of benzene rings is 1. The van der Waals surface area contributed by atoms with Gasteiger partial charge in [0.05, 0.1) is 0 Å². The van der Waals surface area contributed by atoms with E-state index in [-0.39, 0.29) is 12.8 Å². The molecule has 0 nitrogen and oxygen atoms in total. The minimum absolute atomic E-state index is 0.117. The second-order valence-corrected chi connectivity index (χ2v) is 5.13. The molecule has 0 aliphatic heterocycles. The van der Waals surface area contributed by atoms with E-state index in [0.29, 0.717) is 5.92 Å². The molecule has 0 atom stereocenters. The number of rotatable bonds is 1. The summed E-state index contributed by atoms with van der Waals surface area (Å²) in [4.78, 5) is 0. The van der Waals surface area contributed by atoms with Gasteiger partial charge in [0.15, 0.2) is 11.6 Å². The molecular formula is C15H20F4. The van der Waals surface area contributed by atoms with E-state index in [1.807, 2.05) is 0 Å². The molecule has 0 bridgehead atoms. The molecule has 0 N–H and O–H groups in total. The number of aryl methyl sites for hydroxylation is 1. The van der Waals surface area contributed by atoms with Crippen LogP contribution in [0.2, 0.25) is 0 Å². The van der Waals surface area contributed by atoms with E-state index in [4.69, 9.17) is 0 Å². The zero-order valence-electron chi connectivity index (χ0n) is 11.4. The van der Waals surface area contributed by atoms with Crippen molar-refractivity contribution in [1.82, 2.24) is 0 Å². The van der Waals surface area contributed by atoms with Crippen LogP contribution in [0.3, 0.4) is 0 Å². The predicted molar refractivity (Wildman–Crippen MR) is 68.3 cm³/mol. The Morgan fingerprint density at radius 1 is 1.11 bits per heavy atom. The molecule has 0 unspecified atom stereocenters. The number of hydrogen-bond acceptors (Lipinski definition) is 0. The van der Waals surface area contributed by atoms with E-state index < -0.39 is 17.6 Å². The Morgan fingerprint density at radius 3 is 2.11 bits per heavy atom. The van der Waals surface area contributed by atoms with Gasteiger partial charge in [0.1, 0.15) is 0 Å². The van der Waals surface area contributed by atoms with Crippen LogP contribution in [-0.4, -0.2) is 5.92 Å². The summed E-state index contributed by atoms with van der Waals surface area (Å²) in [6.45, 7) is 3.79. The van der Waals surface area contributed by atoms with E-state index in [2.05, 4.69) is 6.92 Å². The van der Waals surface area contributed by atoms with Crippen molar-refractivity contribution in [1.29, 1.82) is 0 Å². The Hall–Kier alpha value is -1.06. The molecule has 108 valence electrons. The molecule has 19 heavy (non-hydrogen) atoms. The summed E-state index contributed by atoms with van der Waals surface area (Å²) in [5, 5.41) is 0. The maximum absolute atomic E-state index is 12.5. The summed E-state index contributed by atoms with van der Waals surface area (Å²) in [5.41, 5.74) is 0.730. The largest absolute Gasteiger partial charge is 0.248 e. The standard InChI is InChI=1S/C8H14F2.C7H6F2/c1-2-7-3-5-8(9,10)6-4-7;1-5-2-3-6(8)7(9)4-5/h7H,2-6H2,1H3;2-4H,1H3. The van der Waals surface area contributed by atoms with Crippen molar-refractivity contribution in [2.24, 2.45) is 5.92 Å². The summed E-state index contributed by atoms with van der Waals surface area (Å²) >= 11 is 0. The first-order chi connectivity index (χ1) is 8.84. The van der Waals surface area contributed by atoms with E-state index in [9.17, 15) is 17.6 Å². The second-order valence-electron chi connectivity index (χ2n) is 5.13. The predicted octanol–water partition coefficient (Wildman–Crippen LogP) is 5.50. The van der Waals surface area contributed by atoms with Gasteiger partial charge in [-0.1, -0.05) is 19.4 Å². The van der Waals surface area contributed by atoms with Crippen molar-refractivity contribution in [3.05, 3.63) is 35.4 Å². The SMILES string of the molecule is CCC1CCC(F)(F)CC1.Cc1ccc(F)c(F)c1. The average molecular weight is 276 g/mol. The summed E-state index contributed by atoms with van der Waals surface area (Å²) < 4.78 is 49.4. The molecule has 0 aromatic heterocycles. The fourth-order valence-electron chi connectivity index (χ4n) is 2.11. The molecule has 1 fully saturated rings. The summed E-state index contributed by atoms with van der Waals surface area (Å²) in [6, 6.07) is 3.80. The Balaban J connectivity index is 0.000000191. The maximum atomic E-state index is 12.5. The van der Waals surface area contributed by atoms with Gasteiger partial charge in [-0.2, -0.15) is 0 Å². The quantitative estimate of drug-likeness (QED) is 0.594. The lowest BCUT2D eigenvalue weighted by molar-refractivity contribution is -0.0460. The van der Waals surface area contributed by atoms with Crippen LogP contribution in [0.5, 0.6) is 0 Å². The lowest BCUT2D eigenvalue weighted by Crippen LogP contribution is -2.24. The third-order valence-electron chi connectivity index (χ3n) is 3.49. The zero-order valence-corrected chi connectivity index (χ0v) is 11.4. The third-order valence-corrected chi connectivity index (χ3v) is 3.49. The highest BCUT2D eigenvalue weighted by atomic mass is 19.3. The van der Waals surface area contributed by atoms with Crippen molar-refractivity contribution in [3.63, 3.8) is 0 Å². The van der Waals surface area contributed by atoms with Crippen LogP contribution in [0.15, 0.2) is 18.2 Å². The van der Waals surface area contributed by atoms with Gasteiger partial charge in [0, 0.05) is 12.8 Å². The fraction of sp³-hybridized carbons (Fsp3) is 0.600. The summed E-state index contributed by atoms with van der Waals surface area (Å²) in [7, 11) is 0. The van der Waals surface area contributed by atoms with Crippen molar-refractivity contribution >= 4 is 0 Å². The number of hydrogen-bond donors (Lipinski definition) is 0. The van der Waals surface area contributed by atoms with Crippen molar-refractivity contribution in [3.8, 4) is 0 Å². The van der Waals surface area contributed by atoms with Gasteiger partial charge < -0.3 is 0 Å². The van der Waals surface area contributed by atoms with Crippen molar-refractivity contribution in [2.75, 3.05) is 0 Å². The lowest BCUT2D eigenvalue weighted by atomic mass is 9.85. The molecule has 1 aromatic rings. The molecule has 0 spiro atoms. The summed E-state index contributed by atoms with van der Waals surface area (Å²) in [6.07, 6.45) is 2.75. The monoisotopic (exact) mass is 276 g/mol. The normalized spacial score (nSPS) is 18.6. The Bertz CT molecular complexity index is 391. The first kappa shape index (κ1) is 16.0. The molecule has 0 amide bonds. The first-order valence-electron chi connectivity index (χ1n) is 6.63. The minimum Gasteiger partial charge on any atom is -0.207 e. The van der Waals surface area contributed by atoms with Gasteiger partial charge >= 0.3 is 0 Å². The van der Waals surface area contributed by atoms with Gasteiger partial charge in [-0.3, -0.25) is 0 Å². The van der Waals surface area contributed by atoms with E-state index in [0.717, 1.165) is 37.0 Å². The van der Waals surface area contributed by atoms with Gasteiger partial charge in [-0.25, -0.2) is 17.6 Å². The van der Waals surface area contributed by atoms with Crippen LogP contribution in [0, 0.1) is 24.5 Å². The molecule has 1 aliphatic carbocycles. The Kier molecular flexibility index (Phi) is 5.83. The first-order valence-corrected chi connectivity index (χ1v) is 6.63. The van der Waals surface area contributed by atoms with Gasteiger partial charge in [-0.15, -0.1) is 0 Å². The molecule has 1 aromatic carbocycles. The van der Waals surface area contributed by atoms with Crippen LogP contribution in [0.1, 0.15) is 44.6 Å². The van der Waals surface area contributed by atoms with Crippen LogP contribution < -0.4 is 0 Å². The Morgan fingerprint density at radius 2 is 1.68 bits per heavy atom. The Labute approximate surface area is 111 Å². The highest BCUT2D eigenvalue weighted by Crippen LogP contribution is 2.37. The molecule has 0 saturated heterocycles. The van der Waals surface area contributed by atoms with Crippen molar-refractivity contribution in [2.45, 2.75) is 51.9 Å². The summed E-state index contributed by atoms with van der Waals surface area (Å²) in [5.74, 6) is -3.35.